The van der Waals surface area contributed by atoms with Crippen LogP contribution in [0.25, 0.3) is 0 Å². The van der Waals surface area contributed by atoms with Gasteiger partial charge in [0.1, 0.15) is 5.02 Å². The number of aryl methyl sites for hydroxylation is 1. The summed E-state index contributed by atoms with van der Waals surface area (Å²) in [4.78, 5) is 10.1. The molecule has 0 unspecified atom stereocenters. The van der Waals surface area contributed by atoms with Crippen LogP contribution in [0.4, 0.5) is 11.4 Å². The molecule has 0 heterocycles. The third kappa shape index (κ3) is 3.40. The van der Waals surface area contributed by atoms with Gasteiger partial charge in [-0.2, -0.15) is 12.8 Å². The fraction of sp³-hybridized carbons (Fsp3) is 0.0769. The number of nitrogens with zero attached hydrogens (tertiary/aromatic N) is 2. The summed E-state index contributed by atoms with van der Waals surface area (Å²) in [5.41, 5.74) is 0.122. The molecule has 0 saturated heterocycles. The first kappa shape index (κ1) is 17.5. The second-order valence-electron chi connectivity index (χ2n) is 4.63. The van der Waals surface area contributed by atoms with Crippen molar-refractivity contribution in [3.8, 4) is 0 Å². The van der Waals surface area contributed by atoms with Crippen LogP contribution in [0.15, 0.2) is 41.3 Å². The zero-order valence-corrected chi connectivity index (χ0v) is 14.1. The largest absolute Gasteiger partial charge is 0.290 e. The third-order valence-corrected chi connectivity index (χ3v) is 5.22. The first-order chi connectivity index (χ1) is 10.6. The van der Waals surface area contributed by atoms with Crippen molar-refractivity contribution in [3.05, 3.63) is 62.1 Å². The minimum Gasteiger partial charge on any atom is -0.258 e. The Morgan fingerprint density at radius 3 is 2.22 bits per heavy atom. The molecule has 0 fully saturated rings. The smallest absolute Gasteiger partial charge is 0.258 e. The summed E-state index contributed by atoms with van der Waals surface area (Å²) in [6.07, 6.45) is 0. The Morgan fingerprint density at radius 1 is 1.13 bits per heavy atom. The summed E-state index contributed by atoms with van der Waals surface area (Å²) in [5, 5.41) is 10.6. The maximum absolute atomic E-state index is 12.5. The molecule has 0 saturated carbocycles. The number of rotatable bonds is 4. The van der Waals surface area contributed by atoms with Gasteiger partial charge in [-0.25, -0.2) is 5.84 Å². The normalized spacial score (nSPS) is 11.3. The lowest BCUT2D eigenvalue weighted by Crippen LogP contribution is -2.37. The van der Waals surface area contributed by atoms with Crippen LogP contribution in [0.1, 0.15) is 5.56 Å². The van der Waals surface area contributed by atoms with Gasteiger partial charge >= 0.3 is 0 Å². The highest BCUT2D eigenvalue weighted by Gasteiger charge is 2.27. The molecule has 2 aromatic carbocycles. The van der Waals surface area contributed by atoms with Crippen molar-refractivity contribution in [2.45, 2.75) is 11.8 Å². The quantitative estimate of drug-likeness (QED) is 0.501. The van der Waals surface area contributed by atoms with E-state index in [2.05, 4.69) is 0 Å². The van der Waals surface area contributed by atoms with Gasteiger partial charge in [-0.15, -0.1) is 0 Å². The Balaban J connectivity index is 2.55. The zero-order chi connectivity index (χ0) is 17.4. The highest BCUT2D eigenvalue weighted by molar-refractivity contribution is 7.92. The molecular formula is C13H11Cl2N3O4S. The number of hydrogen-bond donors (Lipinski definition) is 1. The van der Waals surface area contributed by atoms with Gasteiger partial charge in [0.25, 0.3) is 15.7 Å². The molecule has 0 aliphatic heterocycles. The van der Waals surface area contributed by atoms with Gasteiger partial charge < -0.3 is 0 Å². The minimum atomic E-state index is -4.13. The molecule has 2 aromatic rings. The zero-order valence-electron chi connectivity index (χ0n) is 11.7. The van der Waals surface area contributed by atoms with Crippen LogP contribution < -0.4 is 10.3 Å². The number of nitro groups is 1. The summed E-state index contributed by atoms with van der Waals surface area (Å²) in [7, 11) is -4.13. The number of sulfonamides is 1. The number of hydrogen-bond acceptors (Lipinski definition) is 5. The molecule has 0 spiro atoms. The predicted molar refractivity (Wildman–Crippen MR) is 88.1 cm³/mol. The standard InChI is InChI=1S/C13H11Cl2N3O4S/c1-8-2-4-9(5-3-8)23(21,22)17(16)12-7-13(18(19)20)11(15)6-10(12)14/h2-7H,16H2,1H3. The maximum Gasteiger partial charge on any atom is 0.290 e. The number of anilines is 1. The average Bonchev–Trinajstić information content (AvgIpc) is 2.46. The van der Waals surface area contributed by atoms with E-state index in [0.29, 0.717) is 4.41 Å². The molecule has 10 heteroatoms. The van der Waals surface area contributed by atoms with E-state index in [0.717, 1.165) is 17.7 Å². The molecule has 0 atom stereocenters. The van der Waals surface area contributed by atoms with Gasteiger partial charge in [-0.1, -0.05) is 40.9 Å². The van der Waals surface area contributed by atoms with Crippen molar-refractivity contribution < 1.29 is 13.3 Å². The molecule has 23 heavy (non-hydrogen) atoms. The topological polar surface area (TPSA) is 107 Å². The molecule has 122 valence electrons. The van der Waals surface area contributed by atoms with Gasteiger partial charge in [-0.3, -0.25) is 10.1 Å². The fourth-order valence-corrected chi connectivity index (χ4v) is 3.50. The molecule has 0 aliphatic rings. The molecule has 0 amide bonds. The van der Waals surface area contributed by atoms with Crippen molar-refractivity contribution in [3.63, 3.8) is 0 Å². The highest BCUT2D eigenvalue weighted by atomic mass is 35.5. The van der Waals surface area contributed by atoms with Crippen LogP contribution in [0.3, 0.4) is 0 Å². The lowest BCUT2D eigenvalue weighted by Gasteiger charge is -2.20. The van der Waals surface area contributed by atoms with Crippen LogP contribution in [-0.2, 0) is 10.0 Å². The van der Waals surface area contributed by atoms with Crippen molar-refractivity contribution in [2.75, 3.05) is 4.41 Å². The van der Waals surface area contributed by atoms with Gasteiger partial charge in [0, 0.05) is 6.07 Å². The second kappa shape index (κ2) is 6.32. The Hall–Kier alpha value is -1.87. The summed E-state index contributed by atoms with van der Waals surface area (Å²) in [5.74, 6) is 5.66. The van der Waals surface area contributed by atoms with E-state index in [1.807, 2.05) is 0 Å². The Bertz CT molecular complexity index is 870. The number of hydrazine groups is 1. The summed E-state index contributed by atoms with van der Waals surface area (Å²) in [6, 6.07) is 7.95. The van der Waals surface area contributed by atoms with Gasteiger partial charge in [-0.05, 0) is 25.1 Å². The number of halogens is 2. The van der Waals surface area contributed by atoms with E-state index in [1.54, 1.807) is 19.1 Å². The van der Waals surface area contributed by atoms with Crippen LogP contribution in [0.5, 0.6) is 0 Å². The lowest BCUT2D eigenvalue weighted by atomic mass is 10.2. The molecule has 7 nitrogen and oxygen atoms in total. The van der Waals surface area contributed by atoms with Crippen molar-refractivity contribution in [1.82, 2.24) is 0 Å². The Kier molecular flexibility index (Phi) is 4.81. The van der Waals surface area contributed by atoms with Crippen LogP contribution >= 0.6 is 23.2 Å². The van der Waals surface area contributed by atoms with Gasteiger partial charge in [0.15, 0.2) is 0 Å². The van der Waals surface area contributed by atoms with Crippen LogP contribution in [0.2, 0.25) is 10.0 Å². The summed E-state index contributed by atoms with van der Waals surface area (Å²) >= 11 is 11.6. The molecule has 2 rings (SSSR count). The van der Waals surface area contributed by atoms with Crippen molar-refractivity contribution in [1.29, 1.82) is 0 Å². The maximum atomic E-state index is 12.5. The molecule has 0 bridgehead atoms. The van der Waals surface area contributed by atoms with E-state index in [1.165, 1.54) is 12.1 Å². The van der Waals surface area contributed by atoms with E-state index in [9.17, 15) is 18.5 Å². The minimum absolute atomic E-state index is 0.0701. The van der Waals surface area contributed by atoms with E-state index < -0.39 is 20.6 Å². The molecule has 0 aliphatic carbocycles. The SMILES string of the molecule is Cc1ccc(S(=O)(=O)N(N)c2cc([N+](=O)[O-])c(Cl)cc2Cl)cc1. The van der Waals surface area contributed by atoms with Crippen molar-refractivity contribution in [2.24, 2.45) is 5.84 Å². The summed E-state index contributed by atoms with van der Waals surface area (Å²) < 4.78 is 25.4. The molecule has 0 radical (unpaired) electrons. The lowest BCUT2D eigenvalue weighted by molar-refractivity contribution is -0.384. The number of nitro benzene ring substituents is 1. The van der Waals surface area contributed by atoms with E-state index in [-0.39, 0.29) is 20.6 Å². The van der Waals surface area contributed by atoms with Gasteiger partial charge in [0.2, 0.25) is 0 Å². The Morgan fingerprint density at radius 2 is 1.70 bits per heavy atom. The van der Waals surface area contributed by atoms with Crippen LogP contribution in [-0.4, -0.2) is 13.3 Å². The second-order valence-corrected chi connectivity index (χ2v) is 7.26. The van der Waals surface area contributed by atoms with E-state index in [4.69, 9.17) is 29.0 Å². The molecule has 0 aromatic heterocycles. The Labute approximate surface area is 142 Å². The average molecular weight is 376 g/mol. The monoisotopic (exact) mass is 375 g/mol. The first-order valence-electron chi connectivity index (χ1n) is 6.14. The number of benzene rings is 2. The highest BCUT2D eigenvalue weighted by Crippen LogP contribution is 2.36. The fourth-order valence-electron chi connectivity index (χ4n) is 1.79. The molecule has 2 N–H and O–H groups in total. The predicted octanol–water partition coefficient (Wildman–Crippen LogP) is 3.28. The van der Waals surface area contributed by atoms with Gasteiger partial charge in [0.05, 0.1) is 20.5 Å². The third-order valence-electron chi connectivity index (χ3n) is 3.03. The first-order valence-corrected chi connectivity index (χ1v) is 8.34. The van der Waals surface area contributed by atoms with Crippen LogP contribution in [0, 0.1) is 17.0 Å². The van der Waals surface area contributed by atoms with E-state index >= 15 is 0 Å². The number of nitrogens with two attached hydrogens (primary N) is 1. The van der Waals surface area contributed by atoms with Crippen molar-refractivity contribution >= 4 is 44.6 Å². The molecular weight excluding hydrogens is 365 g/mol. The summed E-state index contributed by atoms with van der Waals surface area (Å²) in [6.45, 7) is 1.80.